The van der Waals surface area contributed by atoms with E-state index >= 15 is 0 Å². The number of hydrogen-bond acceptors (Lipinski definition) is 4. The summed E-state index contributed by atoms with van der Waals surface area (Å²) in [6.45, 7) is 6.98. The predicted molar refractivity (Wildman–Crippen MR) is 63.7 cm³/mol. The summed E-state index contributed by atoms with van der Waals surface area (Å²) < 4.78 is 5.35. The van der Waals surface area contributed by atoms with Crippen LogP contribution in [0.15, 0.2) is 5.16 Å². The molecule has 1 rings (SSSR count). The molecule has 0 aliphatic carbocycles. The summed E-state index contributed by atoms with van der Waals surface area (Å²) in [6, 6.07) is 0.232. The molecule has 0 saturated carbocycles. The Bertz CT molecular complexity index is 237. The molecular weight excluding hydrogens is 206 g/mol. The van der Waals surface area contributed by atoms with Crippen LogP contribution in [-0.2, 0) is 4.74 Å². The molecule has 0 aromatic heterocycles. The van der Waals surface area contributed by atoms with E-state index in [0.29, 0.717) is 11.8 Å². The first-order chi connectivity index (χ1) is 7.56. The third kappa shape index (κ3) is 4.37. The molecular formula is C11H23N3O2. The Kier molecular flexibility index (Phi) is 5.02. The smallest absolute Gasteiger partial charge is 0.140 e. The average Bonchev–Trinajstić information content (AvgIpc) is 2.27. The van der Waals surface area contributed by atoms with Crippen molar-refractivity contribution in [2.45, 2.75) is 39.2 Å². The van der Waals surface area contributed by atoms with E-state index in [1.807, 2.05) is 6.92 Å². The van der Waals surface area contributed by atoms with Gasteiger partial charge in [0, 0.05) is 32.2 Å². The lowest BCUT2D eigenvalue weighted by molar-refractivity contribution is 0.0232. The first-order valence-corrected chi connectivity index (χ1v) is 5.83. The second kappa shape index (κ2) is 6.06. The molecule has 94 valence electrons. The number of oxime groups is 1. The number of nitrogens with two attached hydrogens (primary N) is 1. The van der Waals surface area contributed by atoms with E-state index in [4.69, 9.17) is 15.7 Å². The van der Waals surface area contributed by atoms with E-state index in [2.05, 4.69) is 17.4 Å². The van der Waals surface area contributed by atoms with Crippen LogP contribution < -0.4 is 11.1 Å². The normalized spacial score (nSPS) is 23.0. The first kappa shape index (κ1) is 13.3. The van der Waals surface area contributed by atoms with Gasteiger partial charge in [-0.1, -0.05) is 12.1 Å². The second-order valence-corrected chi connectivity index (χ2v) is 5.00. The maximum absolute atomic E-state index is 8.47. The van der Waals surface area contributed by atoms with Gasteiger partial charge in [-0.2, -0.15) is 0 Å². The van der Waals surface area contributed by atoms with Gasteiger partial charge in [0.1, 0.15) is 5.84 Å². The van der Waals surface area contributed by atoms with Crippen LogP contribution >= 0.6 is 0 Å². The molecule has 1 heterocycles. The van der Waals surface area contributed by atoms with E-state index in [9.17, 15) is 0 Å². The van der Waals surface area contributed by atoms with Crippen molar-refractivity contribution in [3.63, 3.8) is 0 Å². The molecule has 0 bridgehead atoms. The lowest BCUT2D eigenvalue weighted by atomic mass is 9.82. The standard InChI is InChI=1S/C11H23N3O2/c1-9(7-10(12)14-15)13-8-11(2)3-5-16-6-4-11/h9,13,15H,3-8H2,1-2H3,(H2,12,14). The topological polar surface area (TPSA) is 79.9 Å². The molecule has 1 atom stereocenters. The summed E-state index contributed by atoms with van der Waals surface area (Å²) in [6.07, 6.45) is 2.76. The van der Waals surface area contributed by atoms with Crippen LogP contribution in [0.3, 0.4) is 0 Å². The summed E-state index contributed by atoms with van der Waals surface area (Å²) in [4.78, 5) is 0. The minimum absolute atomic E-state index is 0.232. The monoisotopic (exact) mass is 229 g/mol. The highest BCUT2D eigenvalue weighted by Gasteiger charge is 2.27. The van der Waals surface area contributed by atoms with Crippen molar-refractivity contribution in [2.24, 2.45) is 16.3 Å². The zero-order valence-corrected chi connectivity index (χ0v) is 10.2. The summed E-state index contributed by atoms with van der Waals surface area (Å²) >= 11 is 0. The number of rotatable bonds is 5. The highest BCUT2D eigenvalue weighted by molar-refractivity contribution is 5.80. The Morgan fingerprint density at radius 2 is 2.19 bits per heavy atom. The fraction of sp³-hybridized carbons (Fsp3) is 0.909. The van der Waals surface area contributed by atoms with Crippen molar-refractivity contribution < 1.29 is 9.94 Å². The van der Waals surface area contributed by atoms with Gasteiger partial charge in [0.25, 0.3) is 0 Å². The Morgan fingerprint density at radius 3 is 2.75 bits per heavy atom. The lowest BCUT2D eigenvalue weighted by Crippen LogP contribution is -2.41. The zero-order chi connectivity index (χ0) is 12.0. The largest absolute Gasteiger partial charge is 0.409 e. The van der Waals surface area contributed by atoms with Gasteiger partial charge in [0.15, 0.2) is 0 Å². The van der Waals surface area contributed by atoms with Gasteiger partial charge in [0.05, 0.1) is 0 Å². The van der Waals surface area contributed by atoms with Crippen LogP contribution in [0.2, 0.25) is 0 Å². The number of hydrogen-bond donors (Lipinski definition) is 3. The van der Waals surface area contributed by atoms with Crippen LogP contribution in [0.25, 0.3) is 0 Å². The Hall–Kier alpha value is -0.810. The lowest BCUT2D eigenvalue weighted by Gasteiger charge is -2.34. The van der Waals surface area contributed by atoms with Crippen LogP contribution in [-0.4, -0.2) is 36.8 Å². The number of amidine groups is 1. The second-order valence-electron chi connectivity index (χ2n) is 5.00. The molecule has 5 nitrogen and oxygen atoms in total. The first-order valence-electron chi connectivity index (χ1n) is 5.83. The highest BCUT2D eigenvalue weighted by atomic mass is 16.5. The molecule has 1 unspecified atom stereocenters. The fourth-order valence-corrected chi connectivity index (χ4v) is 1.89. The van der Waals surface area contributed by atoms with Crippen molar-refractivity contribution in [1.29, 1.82) is 0 Å². The quantitative estimate of drug-likeness (QED) is 0.283. The van der Waals surface area contributed by atoms with Crippen LogP contribution in [0.5, 0.6) is 0 Å². The predicted octanol–water partition coefficient (Wildman–Crippen LogP) is 0.918. The van der Waals surface area contributed by atoms with E-state index in [1.165, 1.54) is 0 Å². The molecule has 1 fully saturated rings. The van der Waals surface area contributed by atoms with Crippen molar-refractivity contribution in [3.05, 3.63) is 0 Å². The Balaban J connectivity index is 2.27. The van der Waals surface area contributed by atoms with Gasteiger partial charge < -0.3 is 21.0 Å². The van der Waals surface area contributed by atoms with Gasteiger partial charge in [-0.25, -0.2) is 0 Å². The minimum atomic E-state index is 0.232. The molecule has 1 saturated heterocycles. The third-order valence-electron chi connectivity index (χ3n) is 3.22. The third-order valence-corrected chi connectivity index (χ3v) is 3.22. The molecule has 5 heteroatoms. The molecule has 4 N–H and O–H groups in total. The van der Waals surface area contributed by atoms with E-state index in [0.717, 1.165) is 32.6 Å². The molecule has 0 aromatic carbocycles. The maximum Gasteiger partial charge on any atom is 0.140 e. The van der Waals surface area contributed by atoms with Crippen molar-refractivity contribution >= 4 is 5.84 Å². The molecule has 1 aliphatic heterocycles. The van der Waals surface area contributed by atoms with Gasteiger partial charge in [0.2, 0.25) is 0 Å². The molecule has 0 amide bonds. The van der Waals surface area contributed by atoms with E-state index in [1.54, 1.807) is 0 Å². The summed E-state index contributed by atoms with van der Waals surface area (Å²) in [5.41, 5.74) is 5.77. The summed E-state index contributed by atoms with van der Waals surface area (Å²) in [5.74, 6) is 0.275. The van der Waals surface area contributed by atoms with Gasteiger partial charge >= 0.3 is 0 Å². The number of nitrogens with one attached hydrogen (secondary N) is 1. The van der Waals surface area contributed by atoms with Gasteiger partial charge in [-0.3, -0.25) is 0 Å². The van der Waals surface area contributed by atoms with Crippen LogP contribution in [0.1, 0.15) is 33.1 Å². The van der Waals surface area contributed by atoms with Crippen molar-refractivity contribution in [1.82, 2.24) is 5.32 Å². The minimum Gasteiger partial charge on any atom is -0.409 e. The van der Waals surface area contributed by atoms with Gasteiger partial charge in [-0.05, 0) is 25.2 Å². The molecule has 0 spiro atoms. The van der Waals surface area contributed by atoms with Crippen molar-refractivity contribution in [3.8, 4) is 0 Å². The van der Waals surface area contributed by atoms with E-state index in [-0.39, 0.29) is 11.9 Å². The number of nitrogens with zero attached hydrogens (tertiary/aromatic N) is 1. The molecule has 0 aromatic rings. The van der Waals surface area contributed by atoms with E-state index < -0.39 is 0 Å². The summed E-state index contributed by atoms with van der Waals surface area (Å²) in [5, 5.41) is 14.9. The SMILES string of the molecule is CC(CC(N)=NO)NCC1(C)CCOCC1. The molecule has 0 radical (unpaired) electrons. The molecule has 1 aliphatic rings. The Morgan fingerprint density at radius 1 is 1.56 bits per heavy atom. The summed E-state index contributed by atoms with van der Waals surface area (Å²) in [7, 11) is 0. The van der Waals surface area contributed by atoms with Crippen LogP contribution in [0.4, 0.5) is 0 Å². The van der Waals surface area contributed by atoms with Crippen molar-refractivity contribution in [2.75, 3.05) is 19.8 Å². The zero-order valence-electron chi connectivity index (χ0n) is 10.2. The van der Waals surface area contributed by atoms with Crippen LogP contribution in [0, 0.1) is 5.41 Å². The Labute approximate surface area is 97.0 Å². The molecule has 16 heavy (non-hydrogen) atoms. The highest BCUT2D eigenvalue weighted by Crippen LogP contribution is 2.28. The number of ether oxygens (including phenoxy) is 1. The maximum atomic E-state index is 8.47. The fourth-order valence-electron chi connectivity index (χ4n) is 1.89. The van der Waals surface area contributed by atoms with Gasteiger partial charge in [-0.15, -0.1) is 0 Å². The average molecular weight is 229 g/mol.